The van der Waals surface area contributed by atoms with Gasteiger partial charge < -0.3 is 30.1 Å². The first-order chi connectivity index (χ1) is 16.6. The molecule has 1 aliphatic heterocycles. The third-order valence-electron chi connectivity index (χ3n) is 6.02. The summed E-state index contributed by atoms with van der Waals surface area (Å²) in [4.78, 5) is 26.4. The van der Waals surface area contributed by atoms with Crippen molar-refractivity contribution >= 4 is 46.0 Å². The second-order valence-corrected chi connectivity index (χ2v) is 13.2. The molecule has 0 radical (unpaired) electrons. The molecule has 0 aromatic carbocycles. The summed E-state index contributed by atoms with van der Waals surface area (Å²) in [6.45, 7) is 0. The van der Waals surface area contributed by atoms with E-state index in [0.29, 0.717) is 0 Å². The molecule has 1 saturated heterocycles. The van der Waals surface area contributed by atoms with Crippen LogP contribution in [-0.4, -0.2) is 89.2 Å². The Morgan fingerprint density at radius 3 is 2.44 bits per heavy atom. The number of hydrogen-bond acceptors (Lipinski definition) is 10. The molecule has 2 aliphatic rings. The van der Waals surface area contributed by atoms with E-state index in [1.165, 1.54) is 0 Å². The fourth-order valence-corrected chi connectivity index (χ4v) is 8.26. The second-order valence-electron chi connectivity index (χ2n) is 8.65. The van der Waals surface area contributed by atoms with E-state index >= 15 is 0 Å². The first-order valence-electron chi connectivity index (χ1n) is 10.6. The van der Waals surface area contributed by atoms with Gasteiger partial charge in [-0.1, -0.05) is 12.8 Å². The molecule has 1 aliphatic carbocycles. The second kappa shape index (κ2) is 9.62. The van der Waals surface area contributed by atoms with Gasteiger partial charge in [-0.25, -0.2) is 13.4 Å². The molecule has 36 heavy (non-hydrogen) atoms. The average molecular weight is 580 g/mol. The highest BCUT2D eigenvalue weighted by atomic mass is 35.5. The van der Waals surface area contributed by atoms with E-state index in [0.717, 1.165) is 36.6 Å². The van der Waals surface area contributed by atoms with Crippen LogP contribution in [-0.2, 0) is 19.1 Å². The molecular formula is C17H22ClF3N5O8PS. The lowest BCUT2D eigenvalue weighted by Gasteiger charge is -2.23. The highest BCUT2D eigenvalue weighted by Gasteiger charge is 2.60. The van der Waals surface area contributed by atoms with Gasteiger partial charge in [0.25, 0.3) is 4.99 Å². The zero-order valence-corrected chi connectivity index (χ0v) is 20.6. The molecule has 2 fully saturated rings. The van der Waals surface area contributed by atoms with Crippen LogP contribution in [0.15, 0.2) is 6.33 Å². The highest BCUT2D eigenvalue weighted by molar-refractivity contribution is 7.98. The molecule has 2 aromatic heterocycles. The van der Waals surface area contributed by atoms with E-state index in [9.17, 15) is 36.4 Å². The zero-order valence-electron chi connectivity index (χ0n) is 18.2. The number of anilines is 1. The first kappa shape index (κ1) is 27.4. The number of nitrogens with one attached hydrogen (secondary N) is 1. The van der Waals surface area contributed by atoms with Crippen LogP contribution >= 0.6 is 19.2 Å². The molecule has 13 nitrogen and oxygen atoms in total. The molecule has 202 valence electrons. The van der Waals surface area contributed by atoms with E-state index in [1.807, 2.05) is 0 Å². The number of aliphatic hydroxyl groups excluding tert-OH is 2. The third-order valence-corrected chi connectivity index (χ3v) is 10.6. The Morgan fingerprint density at radius 2 is 1.86 bits per heavy atom. The van der Waals surface area contributed by atoms with Crippen molar-refractivity contribution < 1.29 is 50.9 Å². The standard InChI is InChI=1S/C17H22ClF3N5O8PS/c18-16-24-12(23-7-3-1-2-4-7)9-13(25-16)26(6-22-9)14-11(28)10(27)8(34-14)5-36(32,33)15(17(19,20)21)35(29,30)31/h6-8,10-11,14-15,27-28H,1-5H2,(H,23,24,25)(H2,29,30,31)/t8-,10-,11-,14-,15?/m1/s1. The Kier molecular flexibility index (Phi) is 7.33. The first-order valence-corrected chi connectivity index (χ1v) is 14.4. The van der Waals surface area contributed by atoms with Gasteiger partial charge in [-0.15, -0.1) is 0 Å². The normalized spacial score (nSPS) is 27.1. The molecule has 2 aromatic rings. The van der Waals surface area contributed by atoms with E-state index in [1.54, 1.807) is 0 Å². The van der Waals surface area contributed by atoms with Gasteiger partial charge in [-0.2, -0.15) is 23.1 Å². The number of sulfone groups is 1. The maximum Gasteiger partial charge on any atom is 0.417 e. The number of imidazole rings is 1. The number of ether oxygens (including phenoxy) is 1. The van der Waals surface area contributed by atoms with Crippen molar-refractivity contribution in [3.05, 3.63) is 11.6 Å². The molecule has 0 spiro atoms. The van der Waals surface area contributed by atoms with Crippen LogP contribution in [0, 0.1) is 0 Å². The van der Waals surface area contributed by atoms with Gasteiger partial charge in [0.2, 0.25) is 5.28 Å². The SMILES string of the molecule is O=P(O)(O)C(C(F)(F)F)S(=O)(=O)C[C@H]1O[C@@H](n2cnc3c(NC4CCCC4)nc(Cl)nc32)[C@H](O)[C@@H]1O. The number of halogens is 4. The van der Waals surface area contributed by atoms with Crippen molar-refractivity contribution in [2.45, 2.75) is 67.4 Å². The maximum absolute atomic E-state index is 13.2. The van der Waals surface area contributed by atoms with Crippen molar-refractivity contribution in [2.24, 2.45) is 0 Å². The maximum atomic E-state index is 13.2. The molecule has 0 amide bonds. The average Bonchev–Trinajstić information content (AvgIpc) is 3.42. The van der Waals surface area contributed by atoms with Crippen LogP contribution < -0.4 is 5.32 Å². The summed E-state index contributed by atoms with van der Waals surface area (Å²) in [5.74, 6) is -1.34. The number of nitrogens with zero attached hydrogens (tertiary/aromatic N) is 4. The molecule has 4 rings (SSSR count). The fraction of sp³-hybridized carbons (Fsp3) is 0.706. The molecule has 5 N–H and O–H groups in total. The summed E-state index contributed by atoms with van der Waals surface area (Å²) in [6.07, 6.45) is -8.23. The van der Waals surface area contributed by atoms with E-state index < -0.39 is 58.9 Å². The van der Waals surface area contributed by atoms with Crippen molar-refractivity contribution in [3.63, 3.8) is 0 Å². The summed E-state index contributed by atoms with van der Waals surface area (Å²) >= 11 is 6.03. The Hall–Kier alpha value is -1.59. The highest BCUT2D eigenvalue weighted by Crippen LogP contribution is 2.52. The number of hydrogen-bond donors (Lipinski definition) is 5. The van der Waals surface area contributed by atoms with Crippen LogP contribution in [0.1, 0.15) is 31.9 Å². The van der Waals surface area contributed by atoms with Crippen LogP contribution in [0.25, 0.3) is 11.2 Å². The Balaban J connectivity index is 1.62. The van der Waals surface area contributed by atoms with Gasteiger partial charge in [0.1, 0.15) is 18.3 Å². The van der Waals surface area contributed by atoms with Crippen molar-refractivity contribution in [2.75, 3.05) is 11.1 Å². The van der Waals surface area contributed by atoms with Crippen LogP contribution in [0.5, 0.6) is 0 Å². The Morgan fingerprint density at radius 1 is 1.22 bits per heavy atom. The van der Waals surface area contributed by atoms with Crippen LogP contribution in [0.4, 0.5) is 19.0 Å². The van der Waals surface area contributed by atoms with Gasteiger partial charge in [0.15, 0.2) is 33.0 Å². The van der Waals surface area contributed by atoms with Gasteiger partial charge in [0.05, 0.1) is 12.1 Å². The van der Waals surface area contributed by atoms with E-state index in [2.05, 4.69) is 20.3 Å². The minimum Gasteiger partial charge on any atom is -0.387 e. The molecule has 0 bridgehead atoms. The summed E-state index contributed by atoms with van der Waals surface area (Å²) in [7, 11) is -11.8. The molecule has 1 saturated carbocycles. The lowest BCUT2D eigenvalue weighted by molar-refractivity contribution is -0.118. The fourth-order valence-electron chi connectivity index (χ4n) is 4.46. The number of fused-ring (bicyclic) bond motifs is 1. The predicted octanol–water partition coefficient (Wildman–Crippen LogP) is 0.934. The lowest BCUT2D eigenvalue weighted by Crippen LogP contribution is -2.43. The van der Waals surface area contributed by atoms with E-state index in [4.69, 9.17) is 26.1 Å². The molecule has 19 heteroatoms. The third kappa shape index (κ3) is 5.34. The minimum atomic E-state index is -6.20. The minimum absolute atomic E-state index is 0.0265. The Bertz CT molecular complexity index is 1290. The number of alkyl halides is 3. The van der Waals surface area contributed by atoms with Gasteiger partial charge in [-0.3, -0.25) is 9.13 Å². The predicted molar refractivity (Wildman–Crippen MR) is 118 cm³/mol. The van der Waals surface area contributed by atoms with Gasteiger partial charge in [0, 0.05) is 6.04 Å². The van der Waals surface area contributed by atoms with Crippen molar-refractivity contribution in [1.29, 1.82) is 0 Å². The lowest BCUT2D eigenvalue weighted by atomic mass is 10.1. The monoisotopic (exact) mass is 579 g/mol. The van der Waals surface area contributed by atoms with Crippen molar-refractivity contribution in [3.8, 4) is 0 Å². The van der Waals surface area contributed by atoms with Gasteiger partial charge >= 0.3 is 13.8 Å². The number of aliphatic hydroxyl groups is 2. The molecular weight excluding hydrogens is 558 g/mol. The number of aromatic nitrogens is 4. The van der Waals surface area contributed by atoms with E-state index in [-0.39, 0.29) is 28.3 Å². The van der Waals surface area contributed by atoms with Crippen LogP contribution in [0.3, 0.4) is 0 Å². The van der Waals surface area contributed by atoms with Crippen LogP contribution in [0.2, 0.25) is 5.28 Å². The molecule has 3 heterocycles. The summed E-state index contributed by atoms with van der Waals surface area (Å²) in [5, 5.41) is 23.8. The molecule has 5 atom stereocenters. The summed E-state index contributed by atoms with van der Waals surface area (Å²) in [5.41, 5.74) is 0.241. The van der Waals surface area contributed by atoms with Gasteiger partial charge in [-0.05, 0) is 24.4 Å². The van der Waals surface area contributed by atoms with Crippen molar-refractivity contribution in [1.82, 2.24) is 19.5 Å². The molecule has 1 unspecified atom stereocenters. The zero-order chi connectivity index (χ0) is 26.6. The largest absolute Gasteiger partial charge is 0.417 e. The topological polar surface area (TPSA) is 197 Å². The smallest absolute Gasteiger partial charge is 0.387 e. The summed E-state index contributed by atoms with van der Waals surface area (Å²) < 4.78 is 82.0. The summed E-state index contributed by atoms with van der Waals surface area (Å²) in [6, 6.07) is 0.115. The Labute approximate surface area is 206 Å². The quantitative estimate of drug-likeness (QED) is 0.230. The number of rotatable bonds is 7.